The lowest BCUT2D eigenvalue weighted by atomic mass is 10.0. The molecule has 2 heterocycles. The molecule has 6 nitrogen and oxygen atoms in total. The van der Waals surface area contributed by atoms with Crippen molar-refractivity contribution in [2.75, 3.05) is 18.5 Å². The quantitative estimate of drug-likeness (QED) is 0.614. The lowest BCUT2D eigenvalue weighted by Crippen LogP contribution is -2.46. The van der Waals surface area contributed by atoms with Crippen LogP contribution in [0.3, 0.4) is 0 Å². The second kappa shape index (κ2) is 9.34. The number of rotatable bonds is 7. The van der Waals surface area contributed by atoms with E-state index in [1.54, 1.807) is 0 Å². The van der Waals surface area contributed by atoms with Crippen LogP contribution in [0.25, 0.3) is 11.4 Å². The molecule has 1 amide bonds. The van der Waals surface area contributed by atoms with Crippen molar-refractivity contribution in [1.29, 1.82) is 0 Å². The second-order valence-electron chi connectivity index (χ2n) is 7.39. The molecule has 0 aliphatic carbocycles. The zero-order chi connectivity index (χ0) is 20.9. The number of carbonyl (C=O) groups excluding carboxylic acids is 1. The molecule has 4 rings (SSSR count). The Kier molecular flexibility index (Phi) is 6.38. The summed E-state index contributed by atoms with van der Waals surface area (Å²) in [4.78, 5) is 15.5. The van der Waals surface area contributed by atoms with Gasteiger partial charge in [-0.3, -0.25) is 4.79 Å². The fourth-order valence-electron chi connectivity index (χ4n) is 3.78. The summed E-state index contributed by atoms with van der Waals surface area (Å²) in [5, 5.41) is 9.21. The Morgan fingerprint density at radius 2 is 1.63 bits per heavy atom. The van der Waals surface area contributed by atoms with Crippen molar-refractivity contribution in [3.05, 3.63) is 66.2 Å². The van der Waals surface area contributed by atoms with Gasteiger partial charge in [0, 0.05) is 18.7 Å². The highest BCUT2D eigenvalue weighted by Gasteiger charge is 2.39. The highest BCUT2D eigenvalue weighted by Crippen LogP contribution is 2.39. The first-order valence-corrected chi connectivity index (χ1v) is 11.4. The summed E-state index contributed by atoms with van der Waals surface area (Å²) in [5.74, 6) is 0.907. The first-order chi connectivity index (χ1) is 14.7. The van der Waals surface area contributed by atoms with Crippen molar-refractivity contribution in [3.63, 3.8) is 0 Å². The molecule has 2 atom stereocenters. The fourth-order valence-corrected chi connectivity index (χ4v) is 4.94. The molecule has 30 heavy (non-hydrogen) atoms. The Labute approximate surface area is 181 Å². The molecular weight excluding hydrogens is 394 g/mol. The van der Waals surface area contributed by atoms with E-state index in [1.165, 1.54) is 11.8 Å². The van der Waals surface area contributed by atoms with Gasteiger partial charge in [0.25, 0.3) is 0 Å². The van der Waals surface area contributed by atoms with Crippen LogP contribution in [0.15, 0.2) is 65.8 Å². The molecule has 3 aromatic rings. The lowest BCUT2D eigenvalue weighted by molar-refractivity contribution is -0.131. The van der Waals surface area contributed by atoms with E-state index in [0.717, 1.165) is 42.9 Å². The van der Waals surface area contributed by atoms with Crippen molar-refractivity contribution in [2.45, 2.75) is 43.1 Å². The van der Waals surface area contributed by atoms with Crippen molar-refractivity contribution in [3.8, 4) is 11.4 Å². The molecule has 0 unspecified atom stereocenters. The fraction of sp³-hybridized carbons (Fsp3) is 0.348. The van der Waals surface area contributed by atoms with Gasteiger partial charge >= 0.3 is 0 Å². The zero-order valence-corrected chi connectivity index (χ0v) is 18.2. The summed E-state index contributed by atoms with van der Waals surface area (Å²) in [6.45, 7) is 5.76. The van der Waals surface area contributed by atoms with Gasteiger partial charge in [-0.25, -0.2) is 4.68 Å². The van der Waals surface area contributed by atoms with Crippen molar-refractivity contribution >= 4 is 17.7 Å². The molecule has 156 valence electrons. The maximum atomic E-state index is 13.6. The van der Waals surface area contributed by atoms with Gasteiger partial charge in [-0.2, -0.15) is 0 Å². The molecule has 1 aromatic heterocycles. The van der Waals surface area contributed by atoms with Crippen LogP contribution in [-0.2, 0) is 4.79 Å². The first-order valence-electron chi connectivity index (χ1n) is 10.5. The van der Waals surface area contributed by atoms with Gasteiger partial charge in [0.2, 0.25) is 11.1 Å². The number of carbonyl (C=O) groups is 1. The monoisotopic (exact) mass is 421 g/mol. The van der Waals surface area contributed by atoms with E-state index < -0.39 is 0 Å². The SMILES string of the molecule is CCCN(CCC)C(=O)[C@H]1Sc2nnc(-c3ccccc3)n2N[C@@H]1c1ccccc1. The number of benzene rings is 2. The molecule has 1 N–H and O–H groups in total. The molecule has 0 spiro atoms. The molecule has 0 fully saturated rings. The largest absolute Gasteiger partial charge is 0.342 e. The van der Waals surface area contributed by atoms with E-state index in [0.29, 0.717) is 5.16 Å². The Balaban J connectivity index is 1.72. The number of nitrogens with zero attached hydrogens (tertiary/aromatic N) is 4. The Bertz CT molecular complexity index is 970. The number of nitrogens with one attached hydrogen (secondary N) is 1. The van der Waals surface area contributed by atoms with Gasteiger partial charge in [-0.15, -0.1) is 10.2 Å². The minimum absolute atomic E-state index is 0.153. The molecule has 0 saturated heterocycles. The Morgan fingerprint density at radius 1 is 1.00 bits per heavy atom. The molecule has 7 heteroatoms. The van der Waals surface area contributed by atoms with E-state index >= 15 is 0 Å². The lowest BCUT2D eigenvalue weighted by Gasteiger charge is -2.36. The van der Waals surface area contributed by atoms with Gasteiger partial charge in [0.1, 0.15) is 5.25 Å². The van der Waals surface area contributed by atoms with Crippen LogP contribution < -0.4 is 5.43 Å². The summed E-state index contributed by atoms with van der Waals surface area (Å²) >= 11 is 1.50. The van der Waals surface area contributed by atoms with Crippen LogP contribution in [0.1, 0.15) is 38.3 Å². The highest BCUT2D eigenvalue weighted by atomic mass is 32.2. The van der Waals surface area contributed by atoms with Crippen molar-refractivity contribution < 1.29 is 4.79 Å². The van der Waals surface area contributed by atoms with E-state index in [1.807, 2.05) is 58.1 Å². The number of thioether (sulfide) groups is 1. The van der Waals surface area contributed by atoms with Crippen LogP contribution in [0.4, 0.5) is 0 Å². The predicted molar refractivity (Wildman–Crippen MR) is 121 cm³/mol. The van der Waals surface area contributed by atoms with Crippen molar-refractivity contribution in [1.82, 2.24) is 19.8 Å². The number of hydrogen-bond acceptors (Lipinski definition) is 5. The van der Waals surface area contributed by atoms with Gasteiger partial charge < -0.3 is 10.3 Å². The van der Waals surface area contributed by atoms with Crippen LogP contribution in [0, 0.1) is 0 Å². The third kappa shape index (κ3) is 4.07. The van der Waals surface area contributed by atoms with Gasteiger partial charge in [0.05, 0.1) is 6.04 Å². The highest BCUT2D eigenvalue weighted by molar-refractivity contribution is 8.00. The van der Waals surface area contributed by atoms with Gasteiger partial charge in [0.15, 0.2) is 5.82 Å². The minimum Gasteiger partial charge on any atom is -0.342 e. The summed E-state index contributed by atoms with van der Waals surface area (Å²) in [6, 6.07) is 20.0. The molecule has 1 aliphatic rings. The summed E-state index contributed by atoms with van der Waals surface area (Å²) < 4.78 is 1.92. The summed E-state index contributed by atoms with van der Waals surface area (Å²) in [6.07, 6.45) is 1.89. The van der Waals surface area contributed by atoms with Crippen LogP contribution in [0.2, 0.25) is 0 Å². The first kappa shape index (κ1) is 20.5. The number of amides is 1. The maximum Gasteiger partial charge on any atom is 0.238 e. The summed E-state index contributed by atoms with van der Waals surface area (Å²) in [5.41, 5.74) is 5.62. The van der Waals surface area contributed by atoms with E-state index in [9.17, 15) is 4.79 Å². The average Bonchev–Trinajstić information content (AvgIpc) is 3.22. The van der Waals surface area contributed by atoms with Gasteiger partial charge in [-0.1, -0.05) is 86.3 Å². The van der Waals surface area contributed by atoms with Crippen LogP contribution >= 0.6 is 11.8 Å². The molecule has 0 saturated carbocycles. The third-order valence-electron chi connectivity index (χ3n) is 5.17. The van der Waals surface area contributed by atoms with Crippen LogP contribution in [-0.4, -0.2) is 44.0 Å². The summed E-state index contributed by atoms with van der Waals surface area (Å²) in [7, 11) is 0. The van der Waals surface area contributed by atoms with Crippen molar-refractivity contribution in [2.24, 2.45) is 0 Å². The standard InChI is InChI=1S/C23H27N5OS/c1-3-15-27(16-4-2)22(29)20-19(17-11-7-5-8-12-17)26-28-21(24-25-23(28)30-20)18-13-9-6-10-14-18/h5-14,19-20,26H,3-4,15-16H2,1-2H3/t19-,20+/m1/s1. The number of aromatic nitrogens is 3. The van der Waals surface area contributed by atoms with Gasteiger partial charge in [-0.05, 0) is 18.4 Å². The Morgan fingerprint density at radius 3 is 2.27 bits per heavy atom. The minimum atomic E-state index is -0.300. The van der Waals surface area contributed by atoms with E-state index in [-0.39, 0.29) is 17.2 Å². The molecular formula is C23H27N5OS. The normalized spacial score (nSPS) is 17.8. The molecule has 1 aliphatic heterocycles. The zero-order valence-electron chi connectivity index (χ0n) is 17.4. The molecule has 0 bridgehead atoms. The predicted octanol–water partition coefficient (Wildman–Crippen LogP) is 4.35. The van der Waals surface area contributed by atoms with E-state index in [2.05, 4.69) is 41.6 Å². The van der Waals surface area contributed by atoms with Crippen LogP contribution in [0.5, 0.6) is 0 Å². The smallest absolute Gasteiger partial charge is 0.238 e. The Hall–Kier alpha value is -2.80. The average molecular weight is 422 g/mol. The topological polar surface area (TPSA) is 63.1 Å². The number of hydrogen-bond donors (Lipinski definition) is 1. The number of fused-ring (bicyclic) bond motifs is 1. The third-order valence-corrected chi connectivity index (χ3v) is 6.37. The molecule has 0 radical (unpaired) electrons. The molecule has 2 aromatic carbocycles. The van der Waals surface area contributed by atoms with E-state index in [4.69, 9.17) is 0 Å². The maximum absolute atomic E-state index is 13.6. The second-order valence-corrected chi connectivity index (χ2v) is 8.50.